The summed E-state index contributed by atoms with van der Waals surface area (Å²) in [7, 11) is -3.92. The number of benzene rings is 2. The van der Waals surface area contributed by atoms with Gasteiger partial charge in [0.25, 0.3) is 0 Å². The maximum absolute atomic E-state index is 13.8. The van der Waals surface area contributed by atoms with E-state index in [0.29, 0.717) is 30.5 Å². The van der Waals surface area contributed by atoms with Crippen LogP contribution in [0.1, 0.15) is 56.9 Å². The first-order valence-electron chi connectivity index (χ1n) is 12.3. The molecule has 190 valence electrons. The van der Waals surface area contributed by atoms with Crippen LogP contribution in [0.5, 0.6) is 0 Å². The lowest BCUT2D eigenvalue weighted by molar-refractivity contribution is -0.123. The Hall–Kier alpha value is -2.16. The summed E-state index contributed by atoms with van der Waals surface area (Å²) in [6.07, 6.45) is 5.82. The third-order valence-electron chi connectivity index (χ3n) is 7.22. The second-order valence-electron chi connectivity index (χ2n) is 9.81. The zero-order valence-corrected chi connectivity index (χ0v) is 21.5. The van der Waals surface area contributed by atoms with Crippen LogP contribution in [-0.4, -0.2) is 33.5 Å². The maximum atomic E-state index is 13.8. The Balaban J connectivity index is 1.44. The third-order valence-corrected chi connectivity index (χ3v) is 8.93. The topological polar surface area (TPSA) is 87.3 Å². The van der Waals surface area contributed by atoms with Crippen LogP contribution in [0.2, 0.25) is 5.02 Å². The van der Waals surface area contributed by atoms with Crippen LogP contribution in [0.3, 0.4) is 0 Å². The lowest BCUT2D eigenvalue weighted by atomic mass is 9.84. The highest BCUT2D eigenvalue weighted by molar-refractivity contribution is 7.89. The molecule has 3 N–H and O–H groups in total. The highest BCUT2D eigenvalue weighted by Gasteiger charge is 2.31. The number of rotatable bonds is 9. The predicted octanol–water partition coefficient (Wildman–Crippen LogP) is 5.06. The first kappa shape index (κ1) is 25.9. The molecule has 2 aromatic rings. The minimum atomic E-state index is -3.92. The number of nitrogens with one attached hydrogen (secondary N) is 3. The van der Waals surface area contributed by atoms with E-state index in [2.05, 4.69) is 15.4 Å². The van der Waals surface area contributed by atoms with E-state index >= 15 is 0 Å². The molecule has 0 aromatic heterocycles. The van der Waals surface area contributed by atoms with Gasteiger partial charge >= 0.3 is 0 Å². The molecule has 35 heavy (non-hydrogen) atoms. The number of sulfonamides is 1. The quantitative estimate of drug-likeness (QED) is 0.430. The number of halogens is 2. The van der Waals surface area contributed by atoms with Gasteiger partial charge in [-0.05, 0) is 60.2 Å². The Kier molecular flexibility index (Phi) is 8.34. The lowest BCUT2D eigenvalue weighted by Gasteiger charge is -2.27. The molecule has 6 nitrogen and oxygen atoms in total. The van der Waals surface area contributed by atoms with E-state index in [0.717, 1.165) is 36.9 Å². The largest absolute Gasteiger partial charge is 0.384 e. The molecule has 1 heterocycles. The molecule has 1 amide bonds. The van der Waals surface area contributed by atoms with Crippen molar-refractivity contribution < 1.29 is 17.6 Å². The summed E-state index contributed by atoms with van der Waals surface area (Å²) in [5.74, 6) is -0.224. The second-order valence-corrected chi connectivity index (χ2v) is 12.0. The van der Waals surface area contributed by atoms with Crippen molar-refractivity contribution in [1.29, 1.82) is 0 Å². The Labute approximate surface area is 212 Å². The number of anilines is 1. The fourth-order valence-corrected chi connectivity index (χ4v) is 6.73. The average Bonchev–Trinajstić information content (AvgIpc) is 3.25. The molecule has 0 radical (unpaired) electrons. The minimum absolute atomic E-state index is 0.0365. The number of hydrogen-bond donors (Lipinski definition) is 3. The number of carbonyl (C=O) groups excluding carboxylic acids is 1. The molecule has 2 unspecified atom stereocenters. The van der Waals surface area contributed by atoms with Crippen LogP contribution in [0.15, 0.2) is 47.4 Å². The van der Waals surface area contributed by atoms with Gasteiger partial charge in [-0.3, -0.25) is 4.79 Å². The lowest BCUT2D eigenvalue weighted by Crippen LogP contribution is -2.48. The molecule has 1 aliphatic carbocycles. The van der Waals surface area contributed by atoms with Crippen LogP contribution in [0.25, 0.3) is 0 Å². The SMILES string of the molecule is CC(CNC(=O)[C@H](CC1CCCCC1)NS(=O)(=O)c1cccc(Cl)c1)C1CNc2ccc(F)cc21. The van der Waals surface area contributed by atoms with Gasteiger partial charge in [0.2, 0.25) is 15.9 Å². The van der Waals surface area contributed by atoms with Crippen molar-refractivity contribution in [2.24, 2.45) is 11.8 Å². The maximum Gasteiger partial charge on any atom is 0.241 e. The highest BCUT2D eigenvalue weighted by Crippen LogP contribution is 2.36. The van der Waals surface area contributed by atoms with E-state index in [1.165, 1.54) is 24.6 Å². The fourth-order valence-electron chi connectivity index (χ4n) is 5.22. The summed E-state index contributed by atoms with van der Waals surface area (Å²) in [4.78, 5) is 13.3. The van der Waals surface area contributed by atoms with Crippen molar-refractivity contribution in [3.63, 3.8) is 0 Å². The Bertz CT molecular complexity index is 1150. The van der Waals surface area contributed by atoms with Crippen LogP contribution >= 0.6 is 11.6 Å². The zero-order chi connectivity index (χ0) is 25.0. The summed E-state index contributed by atoms with van der Waals surface area (Å²) in [5, 5.41) is 6.58. The van der Waals surface area contributed by atoms with E-state index in [4.69, 9.17) is 11.6 Å². The molecule has 2 aromatic carbocycles. The molecule has 4 rings (SSSR count). The van der Waals surface area contributed by atoms with E-state index < -0.39 is 16.1 Å². The molecule has 0 saturated heterocycles. The standard InChI is InChI=1S/C26H33ClFN3O3S/c1-17(23-16-29-24-11-10-20(28)14-22(23)24)15-30-26(32)25(12-18-6-3-2-4-7-18)31-35(33,34)21-9-5-8-19(27)13-21/h5,8-11,13-14,17-18,23,25,29,31H,2-4,6-7,12,15-16H2,1H3,(H,30,32)/t17?,23?,25-/m0/s1. The average molecular weight is 522 g/mol. The molecule has 9 heteroatoms. The van der Waals surface area contributed by atoms with Crippen LogP contribution in [0.4, 0.5) is 10.1 Å². The van der Waals surface area contributed by atoms with Crippen LogP contribution in [-0.2, 0) is 14.8 Å². The van der Waals surface area contributed by atoms with E-state index in [1.54, 1.807) is 24.3 Å². The van der Waals surface area contributed by atoms with E-state index in [1.807, 2.05) is 6.92 Å². The predicted molar refractivity (Wildman–Crippen MR) is 137 cm³/mol. The van der Waals surface area contributed by atoms with Crippen molar-refractivity contribution in [2.45, 2.75) is 62.3 Å². The third kappa shape index (κ3) is 6.54. The van der Waals surface area contributed by atoms with Crippen molar-refractivity contribution in [3.05, 3.63) is 58.9 Å². The number of amides is 1. The summed E-state index contributed by atoms with van der Waals surface area (Å²) >= 11 is 6.00. The first-order valence-corrected chi connectivity index (χ1v) is 14.2. The molecule has 1 saturated carbocycles. The van der Waals surface area contributed by atoms with Gasteiger partial charge in [0.15, 0.2) is 0 Å². The molecule has 1 aliphatic heterocycles. The van der Waals surface area contributed by atoms with Gasteiger partial charge in [-0.15, -0.1) is 0 Å². The molecule has 1 fully saturated rings. The summed E-state index contributed by atoms with van der Waals surface area (Å²) < 4.78 is 42.6. The Morgan fingerprint density at radius 2 is 1.94 bits per heavy atom. The van der Waals surface area contributed by atoms with E-state index in [-0.39, 0.29) is 28.5 Å². The molecule has 2 aliphatic rings. The van der Waals surface area contributed by atoms with Crippen molar-refractivity contribution in [2.75, 3.05) is 18.4 Å². The molecule has 3 atom stereocenters. The first-order chi connectivity index (χ1) is 16.7. The zero-order valence-electron chi connectivity index (χ0n) is 19.9. The van der Waals surface area contributed by atoms with Gasteiger partial charge in [-0.1, -0.05) is 56.7 Å². The number of hydrogen-bond acceptors (Lipinski definition) is 4. The minimum Gasteiger partial charge on any atom is -0.384 e. The van der Waals surface area contributed by atoms with Crippen LogP contribution < -0.4 is 15.4 Å². The Morgan fingerprint density at radius 1 is 1.17 bits per heavy atom. The second kappa shape index (κ2) is 11.3. The molecular formula is C26H33ClFN3O3S. The smallest absolute Gasteiger partial charge is 0.241 e. The molecular weight excluding hydrogens is 489 g/mol. The van der Waals surface area contributed by atoms with E-state index in [9.17, 15) is 17.6 Å². The van der Waals surface area contributed by atoms with Gasteiger partial charge in [0.1, 0.15) is 11.9 Å². The highest BCUT2D eigenvalue weighted by atomic mass is 35.5. The van der Waals surface area contributed by atoms with Gasteiger partial charge in [-0.2, -0.15) is 4.72 Å². The van der Waals surface area contributed by atoms with Crippen molar-refractivity contribution in [1.82, 2.24) is 10.0 Å². The van der Waals surface area contributed by atoms with Crippen molar-refractivity contribution >= 4 is 33.2 Å². The Morgan fingerprint density at radius 3 is 2.69 bits per heavy atom. The van der Waals surface area contributed by atoms with Gasteiger partial charge in [0.05, 0.1) is 4.90 Å². The van der Waals surface area contributed by atoms with Gasteiger partial charge in [-0.25, -0.2) is 12.8 Å². The molecule has 0 bridgehead atoms. The summed E-state index contributed by atoms with van der Waals surface area (Å²) in [6.45, 7) is 3.04. The van der Waals surface area contributed by atoms with Crippen molar-refractivity contribution in [3.8, 4) is 0 Å². The molecule has 0 spiro atoms. The fraction of sp³-hybridized carbons (Fsp3) is 0.500. The summed E-state index contributed by atoms with van der Waals surface area (Å²) in [6, 6.07) is 9.87. The number of carbonyl (C=O) groups is 1. The monoisotopic (exact) mass is 521 g/mol. The van der Waals surface area contributed by atoms with Gasteiger partial charge in [0, 0.05) is 29.7 Å². The number of fused-ring (bicyclic) bond motifs is 1. The van der Waals surface area contributed by atoms with Gasteiger partial charge < -0.3 is 10.6 Å². The normalized spacial score (nSPS) is 20.0. The summed E-state index contributed by atoms with van der Waals surface area (Å²) in [5.41, 5.74) is 1.83. The van der Waals surface area contributed by atoms with Crippen LogP contribution in [0, 0.1) is 17.7 Å².